The second kappa shape index (κ2) is 6.39. The highest BCUT2D eigenvalue weighted by molar-refractivity contribution is 6.30. The van der Waals surface area contributed by atoms with Crippen LogP contribution in [0.2, 0.25) is 5.02 Å². The van der Waals surface area contributed by atoms with Crippen LogP contribution in [0.25, 0.3) is 0 Å². The fourth-order valence-corrected chi connectivity index (χ4v) is 2.08. The molecule has 1 amide bonds. The third kappa shape index (κ3) is 3.48. The number of hydrogen-bond acceptors (Lipinski definition) is 3. The van der Waals surface area contributed by atoms with E-state index < -0.39 is 0 Å². The molecule has 4 nitrogen and oxygen atoms in total. The molecule has 20 heavy (non-hydrogen) atoms. The highest BCUT2D eigenvalue weighted by Crippen LogP contribution is 2.13. The Morgan fingerprint density at radius 1 is 1.30 bits per heavy atom. The van der Waals surface area contributed by atoms with Crippen LogP contribution < -0.4 is 5.32 Å². The Hall–Kier alpha value is -2.07. The number of halogens is 1. The van der Waals surface area contributed by atoms with Gasteiger partial charge in [0.15, 0.2) is 0 Å². The van der Waals surface area contributed by atoms with E-state index in [9.17, 15) is 4.79 Å². The number of carbonyl (C=O) groups excluding carboxylic acids is 1. The SMILES string of the molecule is CNc1cccc(C(=O)N(C)Cc2cccc(Cl)c2)n1. The van der Waals surface area contributed by atoms with Crippen LogP contribution in [-0.4, -0.2) is 29.9 Å². The van der Waals surface area contributed by atoms with Gasteiger partial charge in [-0.3, -0.25) is 4.79 Å². The fourth-order valence-electron chi connectivity index (χ4n) is 1.87. The summed E-state index contributed by atoms with van der Waals surface area (Å²) in [6.45, 7) is 0.491. The third-order valence-electron chi connectivity index (χ3n) is 2.88. The number of pyridine rings is 1. The number of anilines is 1. The molecular formula is C15H16ClN3O. The van der Waals surface area contributed by atoms with E-state index in [2.05, 4.69) is 10.3 Å². The highest BCUT2D eigenvalue weighted by atomic mass is 35.5. The number of carbonyl (C=O) groups is 1. The third-order valence-corrected chi connectivity index (χ3v) is 3.11. The quantitative estimate of drug-likeness (QED) is 0.941. The van der Waals surface area contributed by atoms with E-state index >= 15 is 0 Å². The van der Waals surface area contributed by atoms with Crippen LogP contribution in [0.4, 0.5) is 5.82 Å². The predicted octanol–water partition coefficient (Wildman–Crippen LogP) is 3.05. The van der Waals surface area contributed by atoms with Crippen molar-refractivity contribution in [3.8, 4) is 0 Å². The first-order valence-electron chi connectivity index (χ1n) is 6.25. The van der Waals surface area contributed by atoms with E-state index in [-0.39, 0.29) is 5.91 Å². The summed E-state index contributed by atoms with van der Waals surface area (Å²) in [5, 5.41) is 3.58. The molecule has 0 atom stereocenters. The average molecular weight is 290 g/mol. The van der Waals surface area contributed by atoms with Gasteiger partial charge in [0, 0.05) is 25.7 Å². The Balaban J connectivity index is 2.12. The Morgan fingerprint density at radius 2 is 2.05 bits per heavy atom. The second-order valence-electron chi connectivity index (χ2n) is 4.45. The van der Waals surface area contributed by atoms with E-state index in [4.69, 9.17) is 11.6 Å². The lowest BCUT2D eigenvalue weighted by Crippen LogP contribution is -2.27. The molecule has 0 fully saturated rings. The molecule has 2 aromatic rings. The summed E-state index contributed by atoms with van der Waals surface area (Å²) in [7, 11) is 3.52. The van der Waals surface area contributed by atoms with Crippen LogP contribution in [0, 0.1) is 0 Å². The number of nitrogens with zero attached hydrogens (tertiary/aromatic N) is 2. The van der Waals surface area contributed by atoms with E-state index in [0.717, 1.165) is 5.56 Å². The van der Waals surface area contributed by atoms with Crippen LogP contribution >= 0.6 is 11.6 Å². The van der Waals surface area contributed by atoms with E-state index in [0.29, 0.717) is 23.1 Å². The second-order valence-corrected chi connectivity index (χ2v) is 4.89. The molecule has 0 saturated carbocycles. The minimum Gasteiger partial charge on any atom is -0.373 e. The van der Waals surface area contributed by atoms with Gasteiger partial charge in [-0.25, -0.2) is 4.98 Å². The molecule has 0 unspecified atom stereocenters. The topological polar surface area (TPSA) is 45.2 Å². The van der Waals surface area contributed by atoms with Crippen molar-refractivity contribution in [3.05, 3.63) is 58.7 Å². The average Bonchev–Trinajstić information content (AvgIpc) is 2.46. The largest absolute Gasteiger partial charge is 0.373 e. The zero-order chi connectivity index (χ0) is 14.5. The first kappa shape index (κ1) is 14.3. The molecule has 1 aromatic heterocycles. The summed E-state index contributed by atoms with van der Waals surface area (Å²) >= 11 is 5.94. The molecule has 0 saturated heterocycles. The fraction of sp³-hybridized carbons (Fsp3) is 0.200. The molecule has 0 bridgehead atoms. The number of aromatic nitrogens is 1. The molecule has 0 aliphatic heterocycles. The summed E-state index contributed by atoms with van der Waals surface area (Å²) < 4.78 is 0. The zero-order valence-electron chi connectivity index (χ0n) is 11.4. The lowest BCUT2D eigenvalue weighted by molar-refractivity contribution is 0.0779. The summed E-state index contributed by atoms with van der Waals surface area (Å²) in [5.41, 5.74) is 1.40. The summed E-state index contributed by atoms with van der Waals surface area (Å²) in [6.07, 6.45) is 0. The van der Waals surface area contributed by atoms with E-state index in [1.807, 2.05) is 30.3 Å². The Bertz CT molecular complexity index is 616. The molecule has 2 rings (SSSR count). The van der Waals surface area contributed by atoms with Crippen LogP contribution in [0.15, 0.2) is 42.5 Å². The number of nitrogens with one attached hydrogen (secondary N) is 1. The van der Waals surface area contributed by atoms with Gasteiger partial charge >= 0.3 is 0 Å². The number of benzene rings is 1. The molecule has 1 aromatic carbocycles. The first-order chi connectivity index (χ1) is 9.60. The molecule has 0 aliphatic rings. The molecule has 0 spiro atoms. The van der Waals surface area contributed by atoms with Crippen LogP contribution in [0.5, 0.6) is 0 Å². The molecule has 1 N–H and O–H groups in total. The molecule has 0 aliphatic carbocycles. The van der Waals surface area contributed by atoms with Gasteiger partial charge in [0.2, 0.25) is 0 Å². The van der Waals surface area contributed by atoms with Gasteiger partial charge < -0.3 is 10.2 Å². The van der Waals surface area contributed by atoms with Gasteiger partial charge in [0.25, 0.3) is 5.91 Å². The summed E-state index contributed by atoms with van der Waals surface area (Å²) in [4.78, 5) is 18.2. The lowest BCUT2D eigenvalue weighted by Gasteiger charge is -2.17. The van der Waals surface area contributed by atoms with Crippen LogP contribution in [-0.2, 0) is 6.54 Å². The Morgan fingerprint density at radius 3 is 2.75 bits per heavy atom. The van der Waals surface area contributed by atoms with Gasteiger partial charge in [-0.1, -0.05) is 29.8 Å². The first-order valence-corrected chi connectivity index (χ1v) is 6.62. The molecule has 104 valence electrons. The number of rotatable bonds is 4. The molecule has 0 radical (unpaired) electrons. The van der Waals surface area contributed by atoms with Crippen LogP contribution in [0.3, 0.4) is 0 Å². The van der Waals surface area contributed by atoms with Crippen molar-refractivity contribution in [2.45, 2.75) is 6.54 Å². The van der Waals surface area contributed by atoms with Crippen molar-refractivity contribution in [3.63, 3.8) is 0 Å². The van der Waals surface area contributed by atoms with E-state index in [1.165, 1.54) is 0 Å². The van der Waals surface area contributed by atoms with Gasteiger partial charge in [-0.15, -0.1) is 0 Å². The number of amides is 1. The summed E-state index contributed by atoms with van der Waals surface area (Å²) in [6, 6.07) is 12.8. The van der Waals surface area contributed by atoms with Crippen molar-refractivity contribution in [1.29, 1.82) is 0 Å². The molecule has 1 heterocycles. The maximum absolute atomic E-state index is 12.3. The van der Waals surface area contributed by atoms with Gasteiger partial charge in [-0.2, -0.15) is 0 Å². The lowest BCUT2D eigenvalue weighted by atomic mass is 10.2. The van der Waals surface area contributed by atoms with Crippen molar-refractivity contribution in [2.75, 3.05) is 19.4 Å². The summed E-state index contributed by atoms with van der Waals surface area (Å²) in [5.74, 6) is 0.550. The monoisotopic (exact) mass is 289 g/mol. The maximum atomic E-state index is 12.3. The van der Waals surface area contributed by atoms with Crippen molar-refractivity contribution < 1.29 is 4.79 Å². The maximum Gasteiger partial charge on any atom is 0.272 e. The normalized spacial score (nSPS) is 10.2. The Kier molecular flexibility index (Phi) is 4.58. The predicted molar refractivity (Wildman–Crippen MR) is 81.0 cm³/mol. The van der Waals surface area contributed by atoms with Gasteiger partial charge in [0.05, 0.1) is 0 Å². The Labute approximate surface area is 123 Å². The molecule has 5 heteroatoms. The smallest absolute Gasteiger partial charge is 0.272 e. The van der Waals surface area contributed by atoms with Crippen molar-refractivity contribution in [2.24, 2.45) is 0 Å². The number of hydrogen-bond donors (Lipinski definition) is 1. The standard InChI is InChI=1S/C15H16ClN3O/c1-17-14-8-4-7-13(18-14)15(20)19(2)10-11-5-3-6-12(16)9-11/h3-9H,10H2,1-2H3,(H,17,18). The zero-order valence-corrected chi connectivity index (χ0v) is 12.2. The van der Waals surface area contributed by atoms with Crippen molar-refractivity contribution >= 4 is 23.3 Å². The molecular weight excluding hydrogens is 274 g/mol. The van der Waals surface area contributed by atoms with Crippen LogP contribution in [0.1, 0.15) is 16.1 Å². The highest BCUT2D eigenvalue weighted by Gasteiger charge is 2.13. The van der Waals surface area contributed by atoms with E-state index in [1.54, 1.807) is 31.1 Å². The van der Waals surface area contributed by atoms with Crippen molar-refractivity contribution in [1.82, 2.24) is 9.88 Å². The van der Waals surface area contributed by atoms with Gasteiger partial charge in [0.1, 0.15) is 11.5 Å². The minimum atomic E-state index is -0.123. The van der Waals surface area contributed by atoms with Gasteiger partial charge in [-0.05, 0) is 29.8 Å². The minimum absolute atomic E-state index is 0.123.